The molecule has 1 aromatic rings. The molecule has 8 heteroatoms. The van der Waals surface area contributed by atoms with E-state index in [4.69, 9.17) is 4.74 Å². The minimum absolute atomic E-state index is 0. The summed E-state index contributed by atoms with van der Waals surface area (Å²) in [5.41, 5.74) is 2.45. The van der Waals surface area contributed by atoms with E-state index in [9.17, 15) is 4.79 Å². The lowest BCUT2D eigenvalue weighted by molar-refractivity contribution is -0.122. The number of halogens is 2. The van der Waals surface area contributed by atoms with Crippen LogP contribution in [0.4, 0.5) is 0 Å². The van der Waals surface area contributed by atoms with E-state index in [1.807, 2.05) is 0 Å². The summed E-state index contributed by atoms with van der Waals surface area (Å²) in [5, 5.41) is 6.21. The number of carbonyl (C=O) groups is 1. The molecule has 1 atom stereocenters. The van der Waals surface area contributed by atoms with Crippen molar-refractivity contribution in [1.82, 2.24) is 15.5 Å². The Morgan fingerprint density at radius 2 is 2.04 bits per heavy atom. The molecule has 3 rings (SSSR count). The van der Waals surface area contributed by atoms with Gasteiger partial charge < -0.3 is 10.1 Å². The minimum atomic E-state index is -0.0402. The van der Waals surface area contributed by atoms with Gasteiger partial charge in [0.1, 0.15) is 0 Å². The predicted octanol–water partition coefficient (Wildman–Crippen LogP) is 1.64. The van der Waals surface area contributed by atoms with Crippen molar-refractivity contribution in [3.8, 4) is 0 Å². The van der Waals surface area contributed by atoms with Gasteiger partial charge >= 0.3 is 0 Å². The number of nitrogens with zero attached hydrogens (tertiary/aromatic N) is 1. The highest BCUT2D eigenvalue weighted by molar-refractivity contribution is 7.99. The molecule has 1 aromatic carbocycles. The lowest BCUT2D eigenvalue weighted by atomic mass is 10.1. The second-order valence-electron chi connectivity index (χ2n) is 5.70. The molecule has 2 aliphatic rings. The maximum absolute atomic E-state index is 12.0. The Labute approximate surface area is 160 Å². The predicted molar refractivity (Wildman–Crippen MR) is 103 cm³/mol. The quantitative estimate of drug-likeness (QED) is 0.796. The number of carbonyl (C=O) groups excluding carboxylic acids is 1. The Morgan fingerprint density at radius 3 is 2.75 bits per heavy atom. The van der Waals surface area contributed by atoms with Crippen LogP contribution in [0, 0.1) is 0 Å². The summed E-state index contributed by atoms with van der Waals surface area (Å²) in [5.74, 6) is 1.83. The van der Waals surface area contributed by atoms with E-state index in [0.29, 0.717) is 6.54 Å². The number of ether oxygens (including phenoxy) is 1. The Hall–Kier alpha value is -0.500. The van der Waals surface area contributed by atoms with Gasteiger partial charge in [0.05, 0.1) is 19.3 Å². The van der Waals surface area contributed by atoms with Gasteiger partial charge in [0.2, 0.25) is 5.91 Å². The van der Waals surface area contributed by atoms with Gasteiger partial charge in [0.25, 0.3) is 0 Å². The van der Waals surface area contributed by atoms with Crippen molar-refractivity contribution < 1.29 is 9.53 Å². The topological polar surface area (TPSA) is 53.6 Å². The van der Waals surface area contributed by atoms with Crippen LogP contribution < -0.4 is 10.6 Å². The molecule has 1 amide bonds. The lowest BCUT2D eigenvalue weighted by Gasteiger charge is -2.26. The highest BCUT2D eigenvalue weighted by Gasteiger charge is 2.21. The number of amides is 1. The third-order valence-corrected chi connectivity index (χ3v) is 4.94. The van der Waals surface area contributed by atoms with Crippen molar-refractivity contribution >= 4 is 42.5 Å². The van der Waals surface area contributed by atoms with Gasteiger partial charge in [-0.15, -0.1) is 36.6 Å². The van der Waals surface area contributed by atoms with Gasteiger partial charge in [0.15, 0.2) is 0 Å². The van der Waals surface area contributed by atoms with Crippen LogP contribution in [0.1, 0.15) is 11.1 Å². The second kappa shape index (κ2) is 11.2. The molecule has 0 aliphatic carbocycles. The highest BCUT2D eigenvalue weighted by atomic mass is 35.5. The molecule has 5 nitrogen and oxygen atoms in total. The molecule has 0 spiro atoms. The van der Waals surface area contributed by atoms with Crippen LogP contribution in [0.25, 0.3) is 0 Å². The smallest absolute Gasteiger partial charge is 0.238 e. The third-order valence-electron chi connectivity index (χ3n) is 4.00. The van der Waals surface area contributed by atoms with Crippen LogP contribution in [-0.4, -0.2) is 54.8 Å². The largest absolute Gasteiger partial charge is 0.379 e. The Kier molecular flexibility index (Phi) is 10.0. The van der Waals surface area contributed by atoms with E-state index in [0.717, 1.165) is 50.0 Å². The average Bonchev–Trinajstić information content (AvgIpc) is 3.08. The first-order chi connectivity index (χ1) is 10.8. The van der Waals surface area contributed by atoms with E-state index >= 15 is 0 Å². The Balaban J connectivity index is 0.00000144. The van der Waals surface area contributed by atoms with Gasteiger partial charge in [-0.25, -0.2) is 0 Å². The lowest BCUT2D eigenvalue weighted by Crippen LogP contribution is -2.41. The van der Waals surface area contributed by atoms with Crippen LogP contribution in [0.3, 0.4) is 0 Å². The number of thioether (sulfide) groups is 1. The summed E-state index contributed by atoms with van der Waals surface area (Å²) >= 11 is 1.77. The van der Waals surface area contributed by atoms with E-state index in [2.05, 4.69) is 39.8 Å². The summed E-state index contributed by atoms with van der Waals surface area (Å²) in [6.45, 7) is 5.17. The number of hydrogen-bond acceptors (Lipinski definition) is 5. The van der Waals surface area contributed by atoms with Crippen LogP contribution in [-0.2, 0) is 22.6 Å². The van der Waals surface area contributed by atoms with E-state index in [-0.39, 0.29) is 36.8 Å². The fraction of sp³-hybridized carbons (Fsp3) is 0.562. The molecule has 0 bridgehead atoms. The average molecular weight is 394 g/mol. The fourth-order valence-electron chi connectivity index (χ4n) is 2.73. The highest BCUT2D eigenvalue weighted by Crippen LogP contribution is 2.11. The number of hydrogen-bond donors (Lipinski definition) is 2. The molecule has 0 saturated carbocycles. The van der Waals surface area contributed by atoms with Crippen LogP contribution >= 0.6 is 36.6 Å². The first-order valence-corrected chi connectivity index (χ1v) is 8.93. The van der Waals surface area contributed by atoms with Gasteiger partial charge in [-0.05, 0) is 11.1 Å². The summed E-state index contributed by atoms with van der Waals surface area (Å²) in [4.78, 5) is 14.4. The molecule has 24 heavy (non-hydrogen) atoms. The second-order valence-corrected chi connectivity index (χ2v) is 6.73. The maximum Gasteiger partial charge on any atom is 0.238 e. The van der Waals surface area contributed by atoms with Crippen molar-refractivity contribution in [2.75, 3.05) is 37.9 Å². The van der Waals surface area contributed by atoms with Crippen molar-refractivity contribution in [2.45, 2.75) is 19.1 Å². The van der Waals surface area contributed by atoms with E-state index in [1.165, 1.54) is 5.56 Å². The summed E-state index contributed by atoms with van der Waals surface area (Å²) < 4.78 is 5.38. The monoisotopic (exact) mass is 393 g/mol. The number of rotatable bonds is 5. The standard InChI is InChI=1S/C16H23N3O2S.2ClH/c20-16(15-11-22-12-18-15)17-9-13-2-1-3-14(8-13)10-19-4-6-21-7-5-19;;/h1-3,8,15,18H,4-7,9-12H2,(H,17,20);2*1H. The minimum Gasteiger partial charge on any atom is -0.379 e. The Morgan fingerprint density at radius 1 is 1.29 bits per heavy atom. The van der Waals surface area contributed by atoms with Gasteiger partial charge in [-0.2, -0.15) is 0 Å². The third kappa shape index (κ3) is 6.43. The van der Waals surface area contributed by atoms with Gasteiger partial charge in [0, 0.05) is 37.8 Å². The first kappa shape index (κ1) is 21.5. The summed E-state index contributed by atoms with van der Waals surface area (Å²) in [6, 6.07) is 8.44. The van der Waals surface area contributed by atoms with Crippen molar-refractivity contribution in [3.05, 3.63) is 35.4 Å². The molecule has 2 heterocycles. The molecule has 136 valence electrons. The van der Waals surface area contributed by atoms with Crippen LogP contribution in [0.2, 0.25) is 0 Å². The molecule has 2 aliphatic heterocycles. The van der Waals surface area contributed by atoms with Crippen LogP contribution in [0.5, 0.6) is 0 Å². The van der Waals surface area contributed by atoms with Gasteiger partial charge in [-0.3, -0.25) is 15.0 Å². The van der Waals surface area contributed by atoms with Crippen LogP contribution in [0.15, 0.2) is 24.3 Å². The number of morpholine rings is 1. The van der Waals surface area contributed by atoms with Gasteiger partial charge in [-0.1, -0.05) is 24.3 Å². The fourth-order valence-corrected chi connectivity index (χ4v) is 3.67. The SMILES string of the molecule is Cl.Cl.O=C(NCc1cccc(CN2CCOCC2)c1)C1CSCN1. The molecular formula is C16H25Cl2N3O2S. The van der Waals surface area contributed by atoms with Crippen molar-refractivity contribution in [1.29, 1.82) is 0 Å². The number of nitrogens with one attached hydrogen (secondary N) is 2. The molecule has 2 saturated heterocycles. The zero-order chi connectivity index (χ0) is 15.2. The zero-order valence-electron chi connectivity index (χ0n) is 13.5. The molecule has 0 radical (unpaired) electrons. The zero-order valence-corrected chi connectivity index (χ0v) is 16.0. The first-order valence-electron chi connectivity index (χ1n) is 7.78. The van der Waals surface area contributed by atoms with E-state index < -0.39 is 0 Å². The molecule has 1 unspecified atom stereocenters. The van der Waals surface area contributed by atoms with E-state index in [1.54, 1.807) is 11.8 Å². The maximum atomic E-state index is 12.0. The molecule has 2 N–H and O–H groups in total. The van der Waals surface area contributed by atoms with Crippen molar-refractivity contribution in [2.24, 2.45) is 0 Å². The summed E-state index contributed by atoms with van der Waals surface area (Å²) in [6.07, 6.45) is 0. The molecule has 0 aromatic heterocycles. The molecular weight excluding hydrogens is 369 g/mol. The Bertz CT molecular complexity index is 510. The van der Waals surface area contributed by atoms with Crippen molar-refractivity contribution in [3.63, 3.8) is 0 Å². The normalized spacial score (nSPS) is 20.8. The number of benzene rings is 1. The summed E-state index contributed by atoms with van der Waals surface area (Å²) in [7, 11) is 0. The molecule has 2 fully saturated rings.